The predicted molar refractivity (Wildman–Crippen MR) is 56.9 cm³/mol. The number of piperidine rings is 1. The Morgan fingerprint density at radius 3 is 3.31 bits per heavy atom. The average molecular weight is 220 g/mol. The van der Waals surface area contributed by atoms with Crippen molar-refractivity contribution in [3.63, 3.8) is 0 Å². The van der Waals surface area contributed by atoms with E-state index in [0.29, 0.717) is 5.92 Å². The summed E-state index contributed by atoms with van der Waals surface area (Å²) in [5, 5.41) is 11.5. The zero-order valence-electron chi connectivity index (χ0n) is 9.22. The minimum absolute atomic E-state index is 0.273. The summed E-state index contributed by atoms with van der Waals surface area (Å²) in [4.78, 5) is 2.65. The third-order valence-corrected chi connectivity index (χ3v) is 4.71. The van der Waals surface area contributed by atoms with Gasteiger partial charge in [-0.15, -0.1) is 10.2 Å². The average Bonchev–Trinajstić information content (AvgIpc) is 3.01. The number of nitrogens with zero attached hydrogens (tertiary/aromatic N) is 3. The molecule has 0 aliphatic carbocycles. The second-order valence-electron chi connectivity index (χ2n) is 5.28. The van der Waals surface area contributed by atoms with Crippen molar-refractivity contribution in [3.8, 4) is 0 Å². The van der Waals surface area contributed by atoms with Crippen molar-refractivity contribution >= 4 is 0 Å². The van der Waals surface area contributed by atoms with Gasteiger partial charge in [-0.2, -0.15) is 0 Å². The van der Waals surface area contributed by atoms with Gasteiger partial charge < -0.3 is 9.73 Å². The summed E-state index contributed by atoms with van der Waals surface area (Å²) in [6.07, 6.45) is 3.97. The number of fused-ring (bicyclic) bond motifs is 3. The zero-order valence-corrected chi connectivity index (χ0v) is 9.22. The van der Waals surface area contributed by atoms with Gasteiger partial charge in [0.2, 0.25) is 12.3 Å². The van der Waals surface area contributed by atoms with E-state index in [2.05, 4.69) is 20.4 Å². The molecule has 0 radical (unpaired) electrons. The fourth-order valence-corrected chi connectivity index (χ4v) is 4.08. The molecule has 3 fully saturated rings. The van der Waals surface area contributed by atoms with Crippen molar-refractivity contribution in [1.29, 1.82) is 0 Å². The van der Waals surface area contributed by atoms with E-state index in [1.54, 1.807) is 0 Å². The first-order valence-electron chi connectivity index (χ1n) is 6.12. The van der Waals surface area contributed by atoms with Gasteiger partial charge >= 0.3 is 0 Å². The van der Waals surface area contributed by atoms with E-state index < -0.39 is 0 Å². The molecule has 4 atom stereocenters. The molecule has 4 heterocycles. The van der Waals surface area contributed by atoms with Gasteiger partial charge in [0.05, 0.1) is 5.92 Å². The van der Waals surface area contributed by atoms with Crippen LogP contribution in [0.4, 0.5) is 0 Å². The van der Waals surface area contributed by atoms with Crippen LogP contribution in [0.25, 0.3) is 0 Å². The molecule has 16 heavy (non-hydrogen) atoms. The highest BCUT2D eigenvalue weighted by Crippen LogP contribution is 2.53. The maximum absolute atomic E-state index is 5.48. The van der Waals surface area contributed by atoms with E-state index in [0.717, 1.165) is 24.9 Å². The Kier molecular flexibility index (Phi) is 1.74. The Balaban J connectivity index is 1.78. The van der Waals surface area contributed by atoms with Crippen LogP contribution < -0.4 is 5.32 Å². The van der Waals surface area contributed by atoms with Gasteiger partial charge in [0.15, 0.2) is 0 Å². The van der Waals surface area contributed by atoms with E-state index in [9.17, 15) is 0 Å². The van der Waals surface area contributed by atoms with Crippen LogP contribution in [0.2, 0.25) is 0 Å². The molecule has 1 aromatic rings. The number of aromatic nitrogens is 2. The van der Waals surface area contributed by atoms with Crippen molar-refractivity contribution in [1.82, 2.24) is 20.4 Å². The standard InChI is InChI=1S/C11H16N4O/c1-4-15-5-8(1)9(10-14-13-7-16-10)11(15)2-3-12-6-11/h7-9,12H,1-6H2. The van der Waals surface area contributed by atoms with Crippen molar-refractivity contribution in [2.24, 2.45) is 5.92 Å². The number of hydrogen-bond acceptors (Lipinski definition) is 5. The monoisotopic (exact) mass is 220 g/mol. The second kappa shape index (κ2) is 3.05. The van der Waals surface area contributed by atoms with Crippen LogP contribution in [0.15, 0.2) is 10.8 Å². The van der Waals surface area contributed by atoms with E-state index in [4.69, 9.17) is 4.42 Å². The van der Waals surface area contributed by atoms with Crippen molar-refractivity contribution in [3.05, 3.63) is 12.3 Å². The van der Waals surface area contributed by atoms with Crippen LogP contribution in [0.3, 0.4) is 0 Å². The van der Waals surface area contributed by atoms with E-state index in [-0.39, 0.29) is 5.54 Å². The summed E-state index contributed by atoms with van der Waals surface area (Å²) in [7, 11) is 0. The SMILES string of the molecule is c1nnc(C2C3CC[N@](C3)C23CCNC3)o1. The Morgan fingerprint density at radius 2 is 2.56 bits per heavy atom. The lowest BCUT2D eigenvalue weighted by atomic mass is 9.75. The highest BCUT2D eigenvalue weighted by atomic mass is 16.4. The summed E-state index contributed by atoms with van der Waals surface area (Å²) in [5.74, 6) is 2.04. The molecule has 3 saturated heterocycles. The zero-order chi connectivity index (χ0) is 10.6. The maximum Gasteiger partial charge on any atom is 0.221 e. The van der Waals surface area contributed by atoms with Gasteiger partial charge in [-0.25, -0.2) is 0 Å². The molecule has 2 bridgehead atoms. The molecule has 3 unspecified atom stereocenters. The second-order valence-corrected chi connectivity index (χ2v) is 5.28. The summed E-state index contributed by atoms with van der Waals surface area (Å²) >= 11 is 0. The minimum atomic E-state index is 0.273. The Morgan fingerprint density at radius 1 is 1.56 bits per heavy atom. The Hall–Kier alpha value is -0.940. The molecule has 1 N–H and O–H groups in total. The summed E-state index contributed by atoms with van der Waals surface area (Å²) in [6, 6.07) is 0. The quantitative estimate of drug-likeness (QED) is 0.733. The predicted octanol–water partition coefficient (Wildman–Crippen LogP) is 0.221. The molecule has 3 aliphatic rings. The normalized spacial score (nSPS) is 45.9. The summed E-state index contributed by atoms with van der Waals surface area (Å²) in [6.45, 7) is 4.66. The molecule has 5 heteroatoms. The molecular formula is C11H16N4O. The third kappa shape index (κ3) is 0.978. The molecule has 0 saturated carbocycles. The van der Waals surface area contributed by atoms with Gasteiger partial charge in [-0.3, -0.25) is 4.90 Å². The molecule has 0 aromatic carbocycles. The topological polar surface area (TPSA) is 54.2 Å². The molecule has 1 aromatic heterocycles. The third-order valence-electron chi connectivity index (χ3n) is 4.71. The largest absolute Gasteiger partial charge is 0.428 e. The van der Waals surface area contributed by atoms with Crippen LogP contribution in [-0.2, 0) is 0 Å². The van der Waals surface area contributed by atoms with Crippen molar-refractivity contribution in [2.45, 2.75) is 24.3 Å². The van der Waals surface area contributed by atoms with Gasteiger partial charge in [-0.1, -0.05) is 0 Å². The lowest BCUT2D eigenvalue weighted by Crippen LogP contribution is -2.50. The summed E-state index contributed by atoms with van der Waals surface area (Å²) in [5.41, 5.74) is 0.273. The van der Waals surface area contributed by atoms with Crippen LogP contribution in [0.1, 0.15) is 24.7 Å². The van der Waals surface area contributed by atoms with Crippen LogP contribution in [0.5, 0.6) is 0 Å². The first-order chi connectivity index (χ1) is 7.90. The molecule has 86 valence electrons. The fourth-order valence-electron chi connectivity index (χ4n) is 4.08. The minimum Gasteiger partial charge on any atom is -0.428 e. The number of rotatable bonds is 1. The van der Waals surface area contributed by atoms with Crippen LogP contribution >= 0.6 is 0 Å². The van der Waals surface area contributed by atoms with Gasteiger partial charge in [0, 0.05) is 18.6 Å². The molecule has 5 nitrogen and oxygen atoms in total. The number of nitrogens with one attached hydrogen (secondary N) is 1. The van der Waals surface area contributed by atoms with Crippen molar-refractivity contribution < 1.29 is 4.42 Å². The first kappa shape index (κ1) is 9.13. The lowest BCUT2D eigenvalue weighted by molar-refractivity contribution is 0.118. The highest BCUT2D eigenvalue weighted by molar-refractivity contribution is 5.21. The summed E-state index contributed by atoms with van der Waals surface area (Å²) < 4.78 is 5.48. The van der Waals surface area contributed by atoms with Gasteiger partial charge in [-0.05, 0) is 31.8 Å². The highest BCUT2D eigenvalue weighted by Gasteiger charge is 2.59. The van der Waals surface area contributed by atoms with E-state index in [1.807, 2.05) is 0 Å². The van der Waals surface area contributed by atoms with E-state index >= 15 is 0 Å². The Labute approximate surface area is 94.2 Å². The van der Waals surface area contributed by atoms with Crippen LogP contribution in [-0.4, -0.2) is 46.8 Å². The maximum atomic E-state index is 5.48. The lowest BCUT2D eigenvalue weighted by Gasteiger charge is -2.40. The molecule has 1 spiro atoms. The van der Waals surface area contributed by atoms with Gasteiger partial charge in [0.25, 0.3) is 0 Å². The molecular weight excluding hydrogens is 204 g/mol. The fraction of sp³-hybridized carbons (Fsp3) is 0.818. The molecule has 0 amide bonds. The smallest absolute Gasteiger partial charge is 0.221 e. The van der Waals surface area contributed by atoms with Gasteiger partial charge in [0.1, 0.15) is 0 Å². The van der Waals surface area contributed by atoms with Crippen LogP contribution in [0, 0.1) is 5.92 Å². The first-order valence-corrected chi connectivity index (χ1v) is 6.12. The number of hydrogen-bond donors (Lipinski definition) is 1. The molecule has 3 aliphatic heterocycles. The Bertz CT molecular complexity index is 385. The van der Waals surface area contributed by atoms with E-state index in [1.165, 1.54) is 32.3 Å². The molecule has 4 rings (SSSR count). The van der Waals surface area contributed by atoms with Crippen molar-refractivity contribution in [2.75, 3.05) is 26.2 Å².